The number of carbonyl (C=O) groups is 1. The van der Waals surface area contributed by atoms with Crippen LogP contribution in [0.4, 0.5) is 38.4 Å². The van der Waals surface area contributed by atoms with Crippen LogP contribution in [-0.2, 0) is 9.47 Å². The van der Waals surface area contributed by atoms with Gasteiger partial charge in [-0.15, -0.1) is 0 Å². The standard InChI is InChI=1S/C34H37F5N6O4/c1-19-8-9-22-23(10-11-25(36)28(22)42-16-27(47-5)34(37,38)39)29(19)48-30-24(7-6-13-40-30)26-12-14-41-31(44-26)43-21-15-20(35)17-45(18-21)32(46)49-33(2,3)4/h6-14,20-21,27,42H,15-18H2,1-5H3,(H,41,43,44)/t20-,21-,27-/m0/s1. The molecular formula is C34H37F5N6O4. The van der Waals surface area contributed by atoms with Crippen molar-refractivity contribution in [3.8, 4) is 22.9 Å². The van der Waals surface area contributed by atoms with Crippen LogP contribution in [0.25, 0.3) is 22.0 Å². The Morgan fingerprint density at radius 3 is 2.51 bits per heavy atom. The summed E-state index contributed by atoms with van der Waals surface area (Å²) < 4.78 is 85.8. The van der Waals surface area contributed by atoms with Gasteiger partial charge in [-0.25, -0.2) is 28.5 Å². The molecule has 4 aromatic rings. The normalized spacial score (nSPS) is 17.5. The first-order chi connectivity index (χ1) is 23.1. The van der Waals surface area contributed by atoms with Crippen LogP contribution >= 0.6 is 0 Å². The van der Waals surface area contributed by atoms with Crippen LogP contribution < -0.4 is 15.4 Å². The van der Waals surface area contributed by atoms with Gasteiger partial charge in [0.05, 0.1) is 30.0 Å². The number of likely N-dealkylation sites (tertiary alicyclic amines) is 1. The molecule has 3 heterocycles. The smallest absolute Gasteiger partial charge is 0.416 e. The van der Waals surface area contributed by atoms with Crippen molar-refractivity contribution in [2.75, 3.05) is 37.4 Å². The zero-order chi connectivity index (χ0) is 35.5. The van der Waals surface area contributed by atoms with Gasteiger partial charge in [-0.3, -0.25) is 0 Å². The number of amides is 1. The molecule has 1 aliphatic heterocycles. The number of benzene rings is 2. The Kier molecular flexibility index (Phi) is 10.4. The second kappa shape index (κ2) is 14.4. The lowest BCUT2D eigenvalue weighted by Gasteiger charge is -2.36. The van der Waals surface area contributed by atoms with Crippen LogP contribution in [0.1, 0.15) is 32.8 Å². The van der Waals surface area contributed by atoms with E-state index in [2.05, 4.69) is 30.3 Å². The quantitative estimate of drug-likeness (QED) is 0.171. The third kappa shape index (κ3) is 8.63. The Bertz CT molecular complexity index is 1800. The maximum absolute atomic E-state index is 15.0. The third-order valence-electron chi connectivity index (χ3n) is 7.70. The van der Waals surface area contributed by atoms with Crippen molar-refractivity contribution in [1.29, 1.82) is 0 Å². The molecule has 1 aliphatic rings. The number of nitrogens with one attached hydrogen (secondary N) is 2. The molecular weight excluding hydrogens is 651 g/mol. The lowest BCUT2D eigenvalue weighted by Crippen LogP contribution is -2.51. The molecule has 2 aromatic carbocycles. The number of methoxy groups -OCH3 is 1. The molecule has 1 saturated heterocycles. The van der Waals surface area contributed by atoms with Gasteiger partial charge < -0.3 is 29.7 Å². The molecule has 1 amide bonds. The first kappa shape index (κ1) is 35.5. The maximum Gasteiger partial charge on any atom is 0.416 e. The summed E-state index contributed by atoms with van der Waals surface area (Å²) in [7, 11) is 0.936. The number of hydrogen-bond acceptors (Lipinski definition) is 9. The number of alkyl halides is 4. The Morgan fingerprint density at radius 2 is 1.80 bits per heavy atom. The van der Waals surface area contributed by atoms with E-state index in [0.29, 0.717) is 33.3 Å². The lowest BCUT2D eigenvalue weighted by atomic mass is 10.0. The molecule has 3 atom stereocenters. The summed E-state index contributed by atoms with van der Waals surface area (Å²) in [6.07, 6.45) is -5.51. The van der Waals surface area contributed by atoms with Crippen LogP contribution in [0.15, 0.2) is 54.9 Å². The van der Waals surface area contributed by atoms with Crippen molar-refractivity contribution in [2.24, 2.45) is 0 Å². The number of ether oxygens (including phenoxy) is 3. The summed E-state index contributed by atoms with van der Waals surface area (Å²) in [5, 5.41) is 6.40. The highest BCUT2D eigenvalue weighted by molar-refractivity contribution is 5.99. The number of nitrogens with zero attached hydrogens (tertiary/aromatic N) is 4. The van der Waals surface area contributed by atoms with Gasteiger partial charge in [0.1, 0.15) is 23.3 Å². The molecule has 10 nitrogen and oxygen atoms in total. The molecule has 0 spiro atoms. The van der Waals surface area contributed by atoms with E-state index in [1.165, 1.54) is 23.4 Å². The molecule has 49 heavy (non-hydrogen) atoms. The van der Waals surface area contributed by atoms with Gasteiger partial charge in [-0.05, 0) is 63.6 Å². The first-order valence-corrected chi connectivity index (χ1v) is 15.5. The van der Waals surface area contributed by atoms with Gasteiger partial charge in [0.25, 0.3) is 0 Å². The fourth-order valence-corrected chi connectivity index (χ4v) is 5.45. The number of aromatic nitrogens is 3. The predicted molar refractivity (Wildman–Crippen MR) is 174 cm³/mol. The van der Waals surface area contributed by atoms with Crippen molar-refractivity contribution in [2.45, 2.75) is 64.2 Å². The largest absolute Gasteiger partial charge is 0.444 e. The second-order valence-corrected chi connectivity index (χ2v) is 12.7. The average molecular weight is 689 g/mol. The Labute approximate surface area is 280 Å². The number of piperidine rings is 1. The third-order valence-corrected chi connectivity index (χ3v) is 7.70. The fourth-order valence-electron chi connectivity index (χ4n) is 5.45. The Hall–Kier alpha value is -4.79. The summed E-state index contributed by atoms with van der Waals surface area (Å²) in [5.41, 5.74) is 0.685. The molecule has 0 unspecified atom stereocenters. The minimum Gasteiger partial charge on any atom is -0.444 e. The number of rotatable bonds is 9. The monoisotopic (exact) mass is 688 g/mol. The Balaban J connectivity index is 1.40. The van der Waals surface area contributed by atoms with E-state index < -0.39 is 48.6 Å². The molecule has 2 aromatic heterocycles. The highest BCUT2D eigenvalue weighted by Crippen LogP contribution is 2.40. The Morgan fingerprint density at radius 1 is 1.04 bits per heavy atom. The molecule has 0 aliphatic carbocycles. The molecule has 262 valence electrons. The van der Waals surface area contributed by atoms with Gasteiger partial charge in [0, 0.05) is 49.3 Å². The zero-order valence-electron chi connectivity index (χ0n) is 27.6. The zero-order valence-corrected chi connectivity index (χ0v) is 27.6. The van der Waals surface area contributed by atoms with Gasteiger partial charge in [0.2, 0.25) is 11.8 Å². The van der Waals surface area contributed by atoms with Gasteiger partial charge in [-0.2, -0.15) is 13.2 Å². The molecule has 0 bridgehead atoms. The molecule has 1 fully saturated rings. The summed E-state index contributed by atoms with van der Waals surface area (Å²) in [4.78, 5) is 27.2. The van der Waals surface area contributed by atoms with E-state index in [1.807, 2.05) is 0 Å². The topological polar surface area (TPSA) is 111 Å². The predicted octanol–water partition coefficient (Wildman–Crippen LogP) is 7.68. The number of halogens is 5. The molecule has 15 heteroatoms. The van der Waals surface area contributed by atoms with Crippen molar-refractivity contribution in [1.82, 2.24) is 19.9 Å². The molecule has 0 radical (unpaired) electrons. The van der Waals surface area contributed by atoms with Crippen LogP contribution in [0.5, 0.6) is 11.6 Å². The highest BCUT2D eigenvalue weighted by Gasteiger charge is 2.40. The van der Waals surface area contributed by atoms with Gasteiger partial charge >= 0.3 is 12.3 Å². The molecule has 2 N–H and O–H groups in total. The van der Waals surface area contributed by atoms with Gasteiger partial charge in [-0.1, -0.05) is 12.1 Å². The van der Waals surface area contributed by atoms with Crippen molar-refractivity contribution in [3.63, 3.8) is 0 Å². The van der Waals surface area contributed by atoms with E-state index in [-0.39, 0.29) is 37.0 Å². The van der Waals surface area contributed by atoms with E-state index in [9.17, 15) is 26.7 Å². The van der Waals surface area contributed by atoms with Crippen LogP contribution in [0, 0.1) is 12.7 Å². The second-order valence-electron chi connectivity index (χ2n) is 12.7. The van der Waals surface area contributed by atoms with Gasteiger partial charge in [0.15, 0.2) is 6.10 Å². The maximum atomic E-state index is 15.0. The minimum atomic E-state index is -4.65. The van der Waals surface area contributed by atoms with Crippen LogP contribution in [-0.4, -0.2) is 82.8 Å². The van der Waals surface area contributed by atoms with Crippen LogP contribution in [0.2, 0.25) is 0 Å². The van der Waals surface area contributed by atoms with E-state index in [1.54, 1.807) is 58.0 Å². The lowest BCUT2D eigenvalue weighted by molar-refractivity contribution is -0.207. The first-order valence-electron chi connectivity index (χ1n) is 15.5. The SMILES string of the molecule is CO[C@@H](CNc1c(F)ccc2c(Oc3ncccc3-c3ccnc(N[C@H]4C[C@H](F)CN(C(=O)OC(C)(C)C)C4)n3)c(C)ccc12)C(F)(F)F. The van der Waals surface area contributed by atoms with Crippen molar-refractivity contribution in [3.05, 3.63) is 66.2 Å². The van der Waals surface area contributed by atoms with Crippen LogP contribution in [0.3, 0.4) is 0 Å². The molecule has 0 saturated carbocycles. The minimum absolute atomic E-state index is 0.0800. The number of pyridine rings is 1. The summed E-state index contributed by atoms with van der Waals surface area (Å²) >= 11 is 0. The fraction of sp³-hybridized carbons (Fsp3) is 0.412. The van der Waals surface area contributed by atoms with E-state index in [4.69, 9.17) is 9.47 Å². The number of carbonyl (C=O) groups excluding carboxylic acids is 1. The molecule has 5 rings (SSSR count). The van der Waals surface area contributed by atoms with E-state index in [0.717, 1.165) is 13.2 Å². The summed E-state index contributed by atoms with van der Waals surface area (Å²) in [6.45, 7) is 6.39. The summed E-state index contributed by atoms with van der Waals surface area (Å²) in [6, 6.07) is 10.4. The average Bonchev–Trinajstić information content (AvgIpc) is 3.02. The number of aryl methyl sites for hydroxylation is 1. The number of hydrogen-bond donors (Lipinski definition) is 2. The van der Waals surface area contributed by atoms with E-state index >= 15 is 0 Å². The number of anilines is 2. The van der Waals surface area contributed by atoms with Crippen molar-refractivity contribution >= 4 is 28.5 Å². The number of fused-ring (bicyclic) bond motifs is 1. The van der Waals surface area contributed by atoms with Crippen molar-refractivity contribution < 1.29 is 41.0 Å². The summed E-state index contributed by atoms with van der Waals surface area (Å²) in [5.74, 6) is -0.0948. The highest BCUT2D eigenvalue weighted by atomic mass is 19.4.